The number of rotatable bonds is 6. The maximum absolute atomic E-state index is 11.6. The molecule has 0 saturated carbocycles. The molecule has 0 saturated heterocycles. The smallest absolute Gasteiger partial charge is 0.223 e. The van der Waals surface area contributed by atoms with Gasteiger partial charge in [-0.05, 0) is 26.0 Å². The molecule has 0 aliphatic heterocycles. The van der Waals surface area contributed by atoms with Crippen molar-refractivity contribution in [3.63, 3.8) is 0 Å². The highest BCUT2D eigenvalue weighted by Gasteiger charge is 2.04. The normalized spacial score (nSPS) is 10.3. The average Bonchev–Trinajstić information content (AvgIpc) is 2.85. The van der Waals surface area contributed by atoms with Crippen molar-refractivity contribution in [2.75, 3.05) is 6.61 Å². The van der Waals surface area contributed by atoms with Crippen LogP contribution in [-0.2, 0) is 11.3 Å². The van der Waals surface area contributed by atoms with Gasteiger partial charge in [0.1, 0.15) is 11.6 Å². The summed E-state index contributed by atoms with van der Waals surface area (Å²) in [7, 11) is 0. The second-order valence-electron chi connectivity index (χ2n) is 4.53. The zero-order chi connectivity index (χ0) is 14.4. The van der Waals surface area contributed by atoms with E-state index >= 15 is 0 Å². The molecule has 0 aliphatic rings. The summed E-state index contributed by atoms with van der Waals surface area (Å²) in [6.07, 6.45) is 0.303. The van der Waals surface area contributed by atoms with Crippen LogP contribution in [0.4, 0.5) is 0 Å². The first-order valence-corrected chi connectivity index (χ1v) is 6.47. The maximum atomic E-state index is 11.6. The SMILES string of the molecule is Cc1ccc(OCCC(=O)NCc2n[nH]c(C)n2)cc1. The number of benzene rings is 1. The summed E-state index contributed by atoms with van der Waals surface area (Å²) in [5.41, 5.74) is 1.18. The molecular formula is C14H18N4O2. The van der Waals surface area contributed by atoms with Crippen LogP contribution >= 0.6 is 0 Å². The molecular weight excluding hydrogens is 256 g/mol. The Labute approximate surface area is 117 Å². The van der Waals surface area contributed by atoms with Gasteiger partial charge in [-0.15, -0.1) is 0 Å². The molecule has 2 rings (SSSR count). The molecule has 0 fully saturated rings. The highest BCUT2D eigenvalue weighted by Crippen LogP contribution is 2.11. The Balaban J connectivity index is 1.66. The maximum Gasteiger partial charge on any atom is 0.223 e. The molecule has 1 heterocycles. The van der Waals surface area contributed by atoms with Crippen LogP contribution in [0.3, 0.4) is 0 Å². The summed E-state index contributed by atoms with van der Waals surface area (Å²) in [6, 6.07) is 7.73. The van der Waals surface area contributed by atoms with Gasteiger partial charge in [-0.25, -0.2) is 4.98 Å². The molecule has 0 bridgehead atoms. The zero-order valence-corrected chi connectivity index (χ0v) is 11.6. The highest BCUT2D eigenvalue weighted by atomic mass is 16.5. The van der Waals surface area contributed by atoms with Gasteiger partial charge in [-0.2, -0.15) is 5.10 Å². The fraction of sp³-hybridized carbons (Fsp3) is 0.357. The number of amides is 1. The van der Waals surface area contributed by atoms with Crippen LogP contribution in [0.2, 0.25) is 0 Å². The number of aryl methyl sites for hydroxylation is 2. The second-order valence-corrected chi connectivity index (χ2v) is 4.53. The molecule has 0 aliphatic carbocycles. The van der Waals surface area contributed by atoms with Crippen LogP contribution in [-0.4, -0.2) is 27.7 Å². The Morgan fingerprint density at radius 1 is 1.30 bits per heavy atom. The standard InChI is InChI=1S/C14H18N4O2/c1-10-3-5-12(6-4-10)20-8-7-14(19)15-9-13-16-11(2)17-18-13/h3-6H,7-9H2,1-2H3,(H,15,19)(H,16,17,18). The van der Waals surface area contributed by atoms with Crippen LogP contribution in [0.1, 0.15) is 23.6 Å². The Kier molecular flexibility index (Phi) is 4.70. The lowest BCUT2D eigenvalue weighted by Gasteiger charge is -2.06. The molecule has 0 atom stereocenters. The third-order valence-corrected chi connectivity index (χ3v) is 2.71. The molecule has 6 nitrogen and oxygen atoms in total. The molecule has 106 valence electrons. The van der Waals surface area contributed by atoms with Gasteiger partial charge < -0.3 is 10.1 Å². The Morgan fingerprint density at radius 2 is 2.05 bits per heavy atom. The van der Waals surface area contributed by atoms with E-state index in [-0.39, 0.29) is 5.91 Å². The number of ether oxygens (including phenoxy) is 1. The fourth-order valence-electron chi connectivity index (χ4n) is 1.63. The average molecular weight is 274 g/mol. The number of nitrogens with one attached hydrogen (secondary N) is 2. The molecule has 20 heavy (non-hydrogen) atoms. The first-order chi connectivity index (χ1) is 9.63. The summed E-state index contributed by atoms with van der Waals surface area (Å²) < 4.78 is 5.49. The van der Waals surface area contributed by atoms with E-state index in [1.165, 1.54) is 5.56 Å². The van der Waals surface area contributed by atoms with Gasteiger partial charge in [-0.3, -0.25) is 9.89 Å². The van der Waals surface area contributed by atoms with Crippen molar-refractivity contribution in [3.05, 3.63) is 41.5 Å². The number of H-pyrrole nitrogens is 1. The van der Waals surface area contributed by atoms with Crippen molar-refractivity contribution in [3.8, 4) is 5.75 Å². The minimum Gasteiger partial charge on any atom is -0.493 e. The summed E-state index contributed by atoms with van der Waals surface area (Å²) in [4.78, 5) is 15.7. The van der Waals surface area contributed by atoms with Crippen molar-refractivity contribution in [2.45, 2.75) is 26.8 Å². The number of hydrogen-bond donors (Lipinski definition) is 2. The Hall–Kier alpha value is -2.37. The first kappa shape index (κ1) is 14.0. The summed E-state index contributed by atoms with van der Waals surface area (Å²) in [6.45, 7) is 4.51. The molecule has 1 aromatic heterocycles. The minimum absolute atomic E-state index is 0.0837. The van der Waals surface area contributed by atoms with Crippen LogP contribution in [0.5, 0.6) is 5.75 Å². The minimum atomic E-state index is -0.0837. The molecule has 1 amide bonds. The van der Waals surface area contributed by atoms with Gasteiger partial charge >= 0.3 is 0 Å². The van der Waals surface area contributed by atoms with Gasteiger partial charge in [0.2, 0.25) is 5.91 Å². The lowest BCUT2D eigenvalue weighted by Crippen LogP contribution is -2.25. The van der Waals surface area contributed by atoms with Crippen molar-refractivity contribution < 1.29 is 9.53 Å². The molecule has 2 aromatic rings. The predicted octanol–water partition coefficient (Wildman–Crippen LogP) is 1.51. The van der Waals surface area contributed by atoms with E-state index in [1.807, 2.05) is 38.1 Å². The topological polar surface area (TPSA) is 79.9 Å². The fourth-order valence-corrected chi connectivity index (χ4v) is 1.63. The van der Waals surface area contributed by atoms with E-state index in [0.29, 0.717) is 25.4 Å². The molecule has 6 heteroatoms. The Morgan fingerprint density at radius 3 is 2.70 bits per heavy atom. The number of nitrogens with zero attached hydrogens (tertiary/aromatic N) is 2. The number of carbonyl (C=O) groups is 1. The van der Waals surface area contributed by atoms with E-state index in [4.69, 9.17) is 4.74 Å². The quantitative estimate of drug-likeness (QED) is 0.836. The summed E-state index contributed by atoms with van der Waals surface area (Å²) in [5, 5.41) is 9.41. The van der Waals surface area contributed by atoms with Crippen molar-refractivity contribution in [1.82, 2.24) is 20.5 Å². The van der Waals surface area contributed by atoms with Crippen LogP contribution in [0.15, 0.2) is 24.3 Å². The number of hydrogen-bond acceptors (Lipinski definition) is 4. The van der Waals surface area contributed by atoms with E-state index < -0.39 is 0 Å². The largest absolute Gasteiger partial charge is 0.493 e. The third-order valence-electron chi connectivity index (χ3n) is 2.71. The first-order valence-electron chi connectivity index (χ1n) is 6.47. The van der Waals surface area contributed by atoms with Gasteiger partial charge in [0, 0.05) is 0 Å². The molecule has 0 radical (unpaired) electrons. The van der Waals surface area contributed by atoms with Gasteiger partial charge in [0.25, 0.3) is 0 Å². The highest BCUT2D eigenvalue weighted by molar-refractivity contribution is 5.75. The van der Waals surface area contributed by atoms with E-state index in [1.54, 1.807) is 0 Å². The van der Waals surface area contributed by atoms with Crippen LogP contribution < -0.4 is 10.1 Å². The third kappa shape index (κ3) is 4.38. The van der Waals surface area contributed by atoms with E-state index in [2.05, 4.69) is 20.5 Å². The van der Waals surface area contributed by atoms with E-state index in [0.717, 1.165) is 11.6 Å². The second kappa shape index (κ2) is 6.70. The summed E-state index contributed by atoms with van der Waals surface area (Å²) >= 11 is 0. The van der Waals surface area contributed by atoms with Crippen molar-refractivity contribution >= 4 is 5.91 Å². The molecule has 0 unspecified atom stereocenters. The Bertz CT molecular complexity index is 563. The monoisotopic (exact) mass is 274 g/mol. The lowest BCUT2D eigenvalue weighted by atomic mass is 10.2. The van der Waals surface area contributed by atoms with Crippen LogP contribution in [0, 0.1) is 13.8 Å². The lowest BCUT2D eigenvalue weighted by molar-refractivity contribution is -0.121. The van der Waals surface area contributed by atoms with Crippen LogP contribution in [0.25, 0.3) is 0 Å². The van der Waals surface area contributed by atoms with Crippen molar-refractivity contribution in [1.29, 1.82) is 0 Å². The zero-order valence-electron chi connectivity index (χ0n) is 11.6. The summed E-state index contributed by atoms with van der Waals surface area (Å²) in [5.74, 6) is 2.00. The van der Waals surface area contributed by atoms with E-state index in [9.17, 15) is 4.79 Å². The molecule has 1 aromatic carbocycles. The van der Waals surface area contributed by atoms with Gasteiger partial charge in [-0.1, -0.05) is 17.7 Å². The number of aromatic nitrogens is 3. The van der Waals surface area contributed by atoms with Gasteiger partial charge in [0.05, 0.1) is 19.6 Å². The van der Waals surface area contributed by atoms with Gasteiger partial charge in [0.15, 0.2) is 5.82 Å². The molecule has 2 N–H and O–H groups in total. The predicted molar refractivity (Wildman–Crippen MR) is 74.3 cm³/mol. The molecule has 0 spiro atoms. The number of aromatic amines is 1. The number of carbonyl (C=O) groups excluding carboxylic acids is 1. The van der Waals surface area contributed by atoms with Crippen molar-refractivity contribution in [2.24, 2.45) is 0 Å².